The van der Waals surface area contributed by atoms with E-state index in [0.717, 1.165) is 17.4 Å². The van der Waals surface area contributed by atoms with E-state index in [0.29, 0.717) is 0 Å². The minimum atomic E-state index is 0.739. The minimum Gasteiger partial charge on any atom is -0.314 e. The number of nitrogens with zero attached hydrogens (tertiary/aromatic N) is 3. The molecule has 3 aliphatic heterocycles. The molecule has 4 fully saturated rings. The second kappa shape index (κ2) is 5.80. The Morgan fingerprint density at radius 3 is 2.29 bits per heavy atom. The van der Waals surface area contributed by atoms with Gasteiger partial charge in [-0.15, -0.1) is 0 Å². The third kappa shape index (κ3) is 3.00. The fourth-order valence-corrected chi connectivity index (χ4v) is 5.17. The Labute approximate surface area is 129 Å². The summed E-state index contributed by atoms with van der Waals surface area (Å²) in [5.41, 5.74) is 0.739. The zero-order valence-electron chi connectivity index (χ0n) is 13.7. The van der Waals surface area contributed by atoms with E-state index in [2.05, 4.69) is 27.1 Å². The largest absolute Gasteiger partial charge is 0.314 e. The van der Waals surface area contributed by atoms with E-state index in [1.54, 1.807) is 0 Å². The second-order valence-corrected chi connectivity index (χ2v) is 8.24. The van der Waals surface area contributed by atoms with Gasteiger partial charge in [0.2, 0.25) is 0 Å². The molecule has 1 saturated carbocycles. The van der Waals surface area contributed by atoms with Crippen LogP contribution in [-0.4, -0.2) is 86.7 Å². The molecule has 1 spiro atoms. The monoisotopic (exact) mass is 292 g/mol. The quantitative estimate of drug-likeness (QED) is 0.826. The van der Waals surface area contributed by atoms with E-state index in [4.69, 9.17) is 0 Å². The molecule has 0 unspecified atom stereocenters. The molecule has 0 bridgehead atoms. The van der Waals surface area contributed by atoms with Gasteiger partial charge in [0.1, 0.15) is 0 Å². The molecule has 4 aliphatic rings. The number of piperazine rings is 1. The Bertz CT molecular complexity index is 344. The average molecular weight is 292 g/mol. The van der Waals surface area contributed by atoms with Crippen LogP contribution in [0.25, 0.3) is 0 Å². The van der Waals surface area contributed by atoms with Gasteiger partial charge in [0.15, 0.2) is 0 Å². The molecule has 0 aromatic rings. The van der Waals surface area contributed by atoms with Gasteiger partial charge in [0, 0.05) is 51.9 Å². The van der Waals surface area contributed by atoms with Crippen molar-refractivity contribution >= 4 is 0 Å². The number of hydrogen-bond acceptors (Lipinski definition) is 4. The maximum absolute atomic E-state index is 3.48. The van der Waals surface area contributed by atoms with Crippen molar-refractivity contribution in [2.45, 2.75) is 31.7 Å². The van der Waals surface area contributed by atoms with Crippen LogP contribution in [0.2, 0.25) is 0 Å². The summed E-state index contributed by atoms with van der Waals surface area (Å²) in [6.45, 7) is 11.7. The predicted octanol–water partition coefficient (Wildman–Crippen LogP) is 0.698. The molecule has 4 rings (SSSR count). The summed E-state index contributed by atoms with van der Waals surface area (Å²) < 4.78 is 0. The van der Waals surface area contributed by atoms with Crippen LogP contribution in [0.1, 0.15) is 25.7 Å². The van der Waals surface area contributed by atoms with Gasteiger partial charge in [-0.3, -0.25) is 4.90 Å². The normalized spacial score (nSPS) is 33.0. The van der Waals surface area contributed by atoms with Crippen molar-refractivity contribution in [2.75, 3.05) is 66.0 Å². The van der Waals surface area contributed by atoms with Crippen molar-refractivity contribution in [3.05, 3.63) is 0 Å². The fourth-order valence-electron chi connectivity index (χ4n) is 5.17. The van der Waals surface area contributed by atoms with Gasteiger partial charge in [-0.1, -0.05) is 0 Å². The summed E-state index contributed by atoms with van der Waals surface area (Å²) in [4.78, 5) is 7.94. The van der Waals surface area contributed by atoms with Gasteiger partial charge in [-0.05, 0) is 57.2 Å². The van der Waals surface area contributed by atoms with E-state index < -0.39 is 0 Å². The van der Waals surface area contributed by atoms with Crippen molar-refractivity contribution in [2.24, 2.45) is 11.3 Å². The first-order chi connectivity index (χ1) is 10.2. The molecule has 21 heavy (non-hydrogen) atoms. The van der Waals surface area contributed by atoms with E-state index in [1.165, 1.54) is 84.6 Å². The number of rotatable bonds is 3. The summed E-state index contributed by atoms with van der Waals surface area (Å²) >= 11 is 0. The van der Waals surface area contributed by atoms with Crippen LogP contribution in [0.15, 0.2) is 0 Å². The highest BCUT2D eigenvalue weighted by Gasteiger charge is 2.47. The molecule has 3 saturated heterocycles. The van der Waals surface area contributed by atoms with Gasteiger partial charge in [0.25, 0.3) is 0 Å². The molecular weight excluding hydrogens is 260 g/mol. The number of likely N-dealkylation sites (tertiary alicyclic amines) is 2. The Morgan fingerprint density at radius 1 is 1.00 bits per heavy atom. The molecule has 0 aromatic carbocycles. The Morgan fingerprint density at radius 2 is 1.67 bits per heavy atom. The summed E-state index contributed by atoms with van der Waals surface area (Å²) in [5, 5.41) is 3.48. The van der Waals surface area contributed by atoms with E-state index >= 15 is 0 Å². The Balaban J connectivity index is 1.19. The third-order valence-corrected chi connectivity index (χ3v) is 6.58. The van der Waals surface area contributed by atoms with Gasteiger partial charge < -0.3 is 15.1 Å². The summed E-state index contributed by atoms with van der Waals surface area (Å²) in [5.74, 6) is 0.957. The maximum atomic E-state index is 3.48. The first-order valence-electron chi connectivity index (χ1n) is 9.08. The molecule has 0 aromatic heterocycles. The molecule has 0 atom stereocenters. The standard InChI is InChI=1S/C17H32N4/c1-19-12-15(13-19)14-20-6-2-17(3-7-20)10-16(11-17)21-8-4-18-5-9-21/h15-16,18H,2-14H2,1H3. The van der Waals surface area contributed by atoms with Gasteiger partial charge in [0.05, 0.1) is 0 Å². The predicted molar refractivity (Wildman–Crippen MR) is 86.6 cm³/mol. The first-order valence-corrected chi connectivity index (χ1v) is 9.08. The van der Waals surface area contributed by atoms with Crippen LogP contribution in [0.4, 0.5) is 0 Å². The van der Waals surface area contributed by atoms with Crippen molar-refractivity contribution in [3.8, 4) is 0 Å². The summed E-state index contributed by atoms with van der Waals surface area (Å²) in [6, 6.07) is 0.916. The van der Waals surface area contributed by atoms with Crippen molar-refractivity contribution < 1.29 is 0 Å². The highest BCUT2D eigenvalue weighted by Crippen LogP contribution is 2.51. The first kappa shape index (κ1) is 14.4. The molecule has 4 nitrogen and oxygen atoms in total. The fraction of sp³-hybridized carbons (Fsp3) is 1.00. The smallest absolute Gasteiger partial charge is 0.0110 e. The van der Waals surface area contributed by atoms with E-state index in [-0.39, 0.29) is 0 Å². The van der Waals surface area contributed by atoms with Crippen molar-refractivity contribution in [1.82, 2.24) is 20.0 Å². The molecule has 4 heteroatoms. The lowest BCUT2D eigenvalue weighted by Crippen LogP contribution is -2.59. The Kier molecular flexibility index (Phi) is 3.99. The van der Waals surface area contributed by atoms with Crippen LogP contribution >= 0.6 is 0 Å². The molecule has 3 heterocycles. The minimum absolute atomic E-state index is 0.739. The summed E-state index contributed by atoms with van der Waals surface area (Å²) in [7, 11) is 2.24. The van der Waals surface area contributed by atoms with Crippen LogP contribution in [0.5, 0.6) is 0 Å². The van der Waals surface area contributed by atoms with Crippen LogP contribution in [0, 0.1) is 11.3 Å². The summed E-state index contributed by atoms with van der Waals surface area (Å²) in [6.07, 6.45) is 5.93. The van der Waals surface area contributed by atoms with Crippen molar-refractivity contribution in [1.29, 1.82) is 0 Å². The SMILES string of the molecule is CN1CC(CN2CCC3(CC2)CC(N2CCNCC2)C3)C1. The molecular formula is C17H32N4. The lowest BCUT2D eigenvalue weighted by molar-refractivity contribution is -0.0513. The highest BCUT2D eigenvalue weighted by atomic mass is 15.2. The van der Waals surface area contributed by atoms with E-state index in [1.807, 2.05) is 0 Å². The number of nitrogens with one attached hydrogen (secondary N) is 1. The van der Waals surface area contributed by atoms with Crippen LogP contribution in [-0.2, 0) is 0 Å². The average Bonchev–Trinajstić information content (AvgIpc) is 2.45. The van der Waals surface area contributed by atoms with E-state index in [9.17, 15) is 0 Å². The zero-order chi connectivity index (χ0) is 14.3. The molecule has 1 N–H and O–H groups in total. The van der Waals surface area contributed by atoms with Crippen LogP contribution in [0.3, 0.4) is 0 Å². The topological polar surface area (TPSA) is 21.8 Å². The molecule has 0 radical (unpaired) electrons. The molecule has 0 amide bonds. The Hall–Kier alpha value is -0.160. The number of piperidine rings is 1. The molecule has 1 aliphatic carbocycles. The van der Waals surface area contributed by atoms with Gasteiger partial charge in [-0.25, -0.2) is 0 Å². The van der Waals surface area contributed by atoms with Gasteiger partial charge in [-0.2, -0.15) is 0 Å². The highest BCUT2D eigenvalue weighted by molar-refractivity contribution is 5.02. The van der Waals surface area contributed by atoms with Crippen LogP contribution < -0.4 is 5.32 Å². The van der Waals surface area contributed by atoms with Gasteiger partial charge >= 0.3 is 0 Å². The molecule has 120 valence electrons. The third-order valence-electron chi connectivity index (χ3n) is 6.58. The second-order valence-electron chi connectivity index (χ2n) is 8.24. The zero-order valence-corrected chi connectivity index (χ0v) is 13.7. The maximum Gasteiger partial charge on any atom is 0.0110 e. The lowest BCUT2D eigenvalue weighted by Gasteiger charge is -2.56. The lowest BCUT2D eigenvalue weighted by atomic mass is 9.60. The van der Waals surface area contributed by atoms with Crippen molar-refractivity contribution in [3.63, 3.8) is 0 Å². The number of hydrogen-bond donors (Lipinski definition) is 1.